The third-order valence-electron chi connectivity index (χ3n) is 2.04. The van der Waals surface area contributed by atoms with Crippen molar-refractivity contribution in [3.8, 4) is 0 Å². The summed E-state index contributed by atoms with van der Waals surface area (Å²) in [6.07, 6.45) is 2.38. The molecule has 0 spiro atoms. The summed E-state index contributed by atoms with van der Waals surface area (Å²) in [6, 6.07) is 1.78. The van der Waals surface area contributed by atoms with E-state index in [1.807, 2.05) is 0 Å². The van der Waals surface area contributed by atoms with Crippen LogP contribution in [0, 0.1) is 0 Å². The number of hydrogen-bond acceptors (Lipinski definition) is 6. The molecule has 0 saturated carbocycles. The fourth-order valence-electron chi connectivity index (χ4n) is 1.27. The molecule has 1 unspecified atom stereocenters. The number of aliphatic hydroxyl groups excluding tert-OH is 1. The van der Waals surface area contributed by atoms with Crippen LogP contribution in [0.3, 0.4) is 0 Å². The highest BCUT2D eigenvalue weighted by molar-refractivity contribution is 5.69. The minimum absolute atomic E-state index is 0.00458. The Morgan fingerprint density at radius 1 is 1.65 bits per heavy atom. The van der Waals surface area contributed by atoms with E-state index in [1.165, 1.54) is 6.33 Å². The van der Waals surface area contributed by atoms with Crippen LogP contribution in [0.4, 0.5) is 0 Å². The molecule has 2 N–H and O–H groups in total. The number of ether oxygens (including phenoxy) is 1. The summed E-state index contributed by atoms with van der Waals surface area (Å²) in [6.45, 7) is 2.92. The highest BCUT2D eigenvalue weighted by Gasteiger charge is 2.10. The van der Waals surface area contributed by atoms with Crippen LogP contribution in [-0.2, 0) is 16.1 Å². The van der Waals surface area contributed by atoms with E-state index in [0.717, 1.165) is 5.69 Å². The maximum absolute atomic E-state index is 11.1. The lowest BCUT2D eigenvalue weighted by Gasteiger charge is -2.10. The molecule has 0 radical (unpaired) electrons. The van der Waals surface area contributed by atoms with E-state index in [-0.39, 0.29) is 12.4 Å². The second-order valence-electron chi connectivity index (χ2n) is 3.49. The molecule has 0 aliphatic rings. The van der Waals surface area contributed by atoms with E-state index in [4.69, 9.17) is 4.74 Å². The molecule has 94 valence electrons. The zero-order valence-electron chi connectivity index (χ0n) is 9.80. The Bertz CT molecular complexity index is 332. The summed E-state index contributed by atoms with van der Waals surface area (Å²) < 4.78 is 4.73. The van der Waals surface area contributed by atoms with Crippen LogP contribution in [-0.4, -0.2) is 40.3 Å². The number of aliphatic hydroxyl groups is 1. The van der Waals surface area contributed by atoms with E-state index >= 15 is 0 Å². The lowest BCUT2D eigenvalue weighted by molar-refractivity contribution is -0.145. The lowest BCUT2D eigenvalue weighted by Crippen LogP contribution is -2.29. The first kappa shape index (κ1) is 13.5. The number of carbonyl (C=O) groups is 1. The zero-order valence-corrected chi connectivity index (χ0v) is 9.80. The molecule has 1 aromatic heterocycles. The van der Waals surface area contributed by atoms with Gasteiger partial charge in [0.05, 0.1) is 24.8 Å². The van der Waals surface area contributed by atoms with E-state index in [0.29, 0.717) is 19.7 Å². The zero-order chi connectivity index (χ0) is 12.5. The molecule has 1 heterocycles. The summed E-state index contributed by atoms with van der Waals surface area (Å²) >= 11 is 0. The Morgan fingerprint density at radius 2 is 2.47 bits per heavy atom. The Kier molecular flexibility index (Phi) is 6.13. The van der Waals surface area contributed by atoms with Gasteiger partial charge in [0, 0.05) is 19.3 Å². The van der Waals surface area contributed by atoms with Crippen molar-refractivity contribution in [2.45, 2.75) is 26.0 Å². The van der Waals surface area contributed by atoms with Crippen LogP contribution < -0.4 is 5.32 Å². The van der Waals surface area contributed by atoms with Gasteiger partial charge in [-0.1, -0.05) is 0 Å². The minimum Gasteiger partial charge on any atom is -0.466 e. The van der Waals surface area contributed by atoms with E-state index in [1.54, 1.807) is 19.2 Å². The maximum Gasteiger partial charge on any atom is 0.308 e. The average Bonchev–Trinajstić information content (AvgIpc) is 2.30. The molecule has 0 amide bonds. The molecule has 0 bridgehead atoms. The van der Waals surface area contributed by atoms with Crippen LogP contribution >= 0.6 is 0 Å². The minimum atomic E-state index is -0.740. The second kappa shape index (κ2) is 7.70. The van der Waals surface area contributed by atoms with Gasteiger partial charge < -0.3 is 15.2 Å². The van der Waals surface area contributed by atoms with Crippen LogP contribution in [0.15, 0.2) is 18.6 Å². The van der Waals surface area contributed by atoms with Crippen LogP contribution in [0.25, 0.3) is 0 Å². The quantitative estimate of drug-likeness (QED) is 0.645. The number of esters is 1. The molecule has 0 saturated heterocycles. The standard InChI is InChI=1S/C11H17N3O3/c1-2-17-11(16)5-10(15)7-13-6-9-3-4-12-8-14-9/h3-4,8,10,13,15H,2,5-7H2,1H3. The number of nitrogens with one attached hydrogen (secondary N) is 1. The lowest BCUT2D eigenvalue weighted by atomic mass is 10.2. The van der Waals surface area contributed by atoms with Crippen molar-refractivity contribution >= 4 is 5.97 Å². The molecule has 0 aliphatic carbocycles. The fourth-order valence-corrected chi connectivity index (χ4v) is 1.27. The first-order chi connectivity index (χ1) is 8.22. The van der Waals surface area contributed by atoms with Gasteiger partial charge in [-0.05, 0) is 13.0 Å². The topological polar surface area (TPSA) is 84.3 Å². The molecular formula is C11H17N3O3. The van der Waals surface area contributed by atoms with Gasteiger partial charge in [0.25, 0.3) is 0 Å². The number of carbonyl (C=O) groups excluding carboxylic acids is 1. The normalized spacial score (nSPS) is 12.1. The first-order valence-electron chi connectivity index (χ1n) is 5.51. The molecule has 1 rings (SSSR count). The molecule has 6 nitrogen and oxygen atoms in total. The predicted molar refractivity (Wildman–Crippen MR) is 61.0 cm³/mol. The van der Waals surface area contributed by atoms with Gasteiger partial charge >= 0.3 is 5.97 Å². The third kappa shape index (κ3) is 5.94. The highest BCUT2D eigenvalue weighted by atomic mass is 16.5. The van der Waals surface area contributed by atoms with Gasteiger partial charge in [-0.25, -0.2) is 9.97 Å². The van der Waals surface area contributed by atoms with Crippen LogP contribution in [0.1, 0.15) is 19.0 Å². The molecule has 0 aromatic carbocycles. The molecule has 6 heteroatoms. The average molecular weight is 239 g/mol. The Labute approximate surface area is 100 Å². The second-order valence-corrected chi connectivity index (χ2v) is 3.49. The first-order valence-corrected chi connectivity index (χ1v) is 5.51. The number of aromatic nitrogens is 2. The Morgan fingerprint density at radius 3 is 3.12 bits per heavy atom. The van der Waals surface area contributed by atoms with E-state index in [2.05, 4.69) is 15.3 Å². The molecular weight excluding hydrogens is 222 g/mol. The largest absolute Gasteiger partial charge is 0.466 e. The third-order valence-corrected chi connectivity index (χ3v) is 2.04. The number of hydrogen-bond donors (Lipinski definition) is 2. The maximum atomic E-state index is 11.1. The van der Waals surface area contributed by atoms with Crippen molar-refractivity contribution in [3.05, 3.63) is 24.3 Å². The van der Waals surface area contributed by atoms with Crippen molar-refractivity contribution in [2.24, 2.45) is 0 Å². The van der Waals surface area contributed by atoms with E-state index < -0.39 is 6.10 Å². The molecule has 17 heavy (non-hydrogen) atoms. The van der Waals surface area contributed by atoms with E-state index in [9.17, 15) is 9.90 Å². The monoisotopic (exact) mass is 239 g/mol. The number of nitrogens with zero attached hydrogens (tertiary/aromatic N) is 2. The Hall–Kier alpha value is -1.53. The fraction of sp³-hybridized carbons (Fsp3) is 0.545. The van der Waals surface area contributed by atoms with Gasteiger partial charge in [0.2, 0.25) is 0 Å². The van der Waals surface area contributed by atoms with Crippen molar-refractivity contribution < 1.29 is 14.6 Å². The van der Waals surface area contributed by atoms with Crippen molar-refractivity contribution in [1.82, 2.24) is 15.3 Å². The van der Waals surface area contributed by atoms with Crippen molar-refractivity contribution in [2.75, 3.05) is 13.2 Å². The Balaban J connectivity index is 2.16. The predicted octanol–water partition coefficient (Wildman–Crippen LogP) is -0.120. The summed E-state index contributed by atoms with van der Waals surface area (Å²) in [5.74, 6) is -0.385. The number of rotatable bonds is 7. The van der Waals surface area contributed by atoms with Gasteiger partial charge in [-0.2, -0.15) is 0 Å². The van der Waals surface area contributed by atoms with Gasteiger partial charge in [-0.3, -0.25) is 4.79 Å². The highest BCUT2D eigenvalue weighted by Crippen LogP contribution is 1.95. The summed E-state index contributed by atoms with van der Waals surface area (Å²) in [5, 5.41) is 12.5. The molecule has 0 fully saturated rings. The van der Waals surface area contributed by atoms with Crippen molar-refractivity contribution in [1.29, 1.82) is 0 Å². The van der Waals surface area contributed by atoms with Gasteiger partial charge in [0.1, 0.15) is 6.33 Å². The molecule has 1 aromatic rings. The van der Waals surface area contributed by atoms with Gasteiger partial charge in [0.15, 0.2) is 0 Å². The van der Waals surface area contributed by atoms with Gasteiger partial charge in [-0.15, -0.1) is 0 Å². The molecule has 0 aliphatic heterocycles. The summed E-state index contributed by atoms with van der Waals surface area (Å²) in [4.78, 5) is 18.9. The summed E-state index contributed by atoms with van der Waals surface area (Å²) in [7, 11) is 0. The molecule has 1 atom stereocenters. The summed E-state index contributed by atoms with van der Waals surface area (Å²) in [5.41, 5.74) is 0.836. The smallest absolute Gasteiger partial charge is 0.308 e. The van der Waals surface area contributed by atoms with Crippen LogP contribution in [0.2, 0.25) is 0 Å². The SMILES string of the molecule is CCOC(=O)CC(O)CNCc1ccncn1. The van der Waals surface area contributed by atoms with Crippen molar-refractivity contribution in [3.63, 3.8) is 0 Å². The van der Waals surface area contributed by atoms with Crippen LogP contribution in [0.5, 0.6) is 0 Å².